The van der Waals surface area contributed by atoms with E-state index in [1.807, 2.05) is 13.0 Å². The Morgan fingerprint density at radius 2 is 1.90 bits per heavy atom. The van der Waals surface area contributed by atoms with Gasteiger partial charge in [-0.2, -0.15) is 0 Å². The highest BCUT2D eigenvalue weighted by atomic mass is 79.9. The molecule has 0 saturated carbocycles. The summed E-state index contributed by atoms with van der Waals surface area (Å²) in [6.45, 7) is 1.83. The third-order valence-electron chi connectivity index (χ3n) is 2.55. The van der Waals surface area contributed by atoms with Gasteiger partial charge in [-0.25, -0.2) is 12.8 Å². The third-order valence-corrected chi connectivity index (χ3v) is 5.09. The Balaban J connectivity index is 2.46. The van der Waals surface area contributed by atoms with Gasteiger partial charge in [0.05, 0.1) is 10.7 Å². The number of hydrogen-bond donors (Lipinski definition) is 1. The predicted octanol–water partition coefficient (Wildman–Crippen LogP) is 4.35. The van der Waals surface area contributed by atoms with Gasteiger partial charge >= 0.3 is 0 Å². The number of anilines is 1. The minimum Gasteiger partial charge on any atom is -0.278 e. The minimum atomic E-state index is -3.96. The fourth-order valence-electron chi connectivity index (χ4n) is 1.60. The van der Waals surface area contributed by atoms with Crippen molar-refractivity contribution in [2.24, 2.45) is 0 Å². The molecule has 2 aromatic rings. The minimum absolute atomic E-state index is 0.0392. The molecular weight excluding hydrogens is 369 g/mol. The number of halogens is 3. The Kier molecular flexibility index (Phi) is 4.36. The van der Waals surface area contributed by atoms with Crippen LogP contribution in [0.2, 0.25) is 5.02 Å². The van der Waals surface area contributed by atoms with E-state index in [1.54, 1.807) is 12.1 Å². The summed E-state index contributed by atoms with van der Waals surface area (Å²) in [6.07, 6.45) is 0. The summed E-state index contributed by atoms with van der Waals surface area (Å²) in [4.78, 5) is -0.299. The molecule has 20 heavy (non-hydrogen) atoms. The first-order chi connectivity index (χ1) is 9.29. The molecule has 0 unspecified atom stereocenters. The molecular formula is C13H10BrClFNO2S. The zero-order valence-corrected chi connectivity index (χ0v) is 13.5. The summed E-state index contributed by atoms with van der Waals surface area (Å²) in [6, 6.07) is 8.40. The molecule has 0 saturated heterocycles. The van der Waals surface area contributed by atoms with E-state index in [-0.39, 0.29) is 9.92 Å². The van der Waals surface area contributed by atoms with Crippen LogP contribution >= 0.6 is 27.5 Å². The van der Waals surface area contributed by atoms with Gasteiger partial charge < -0.3 is 0 Å². The standard InChI is InChI=1S/C13H10BrClFNO2S/c1-8-2-4-10(14)12(6-8)17-20(18,19)13-7-9(16)3-5-11(13)15/h2-7,17H,1H3. The topological polar surface area (TPSA) is 46.2 Å². The summed E-state index contributed by atoms with van der Waals surface area (Å²) < 4.78 is 40.7. The number of benzene rings is 2. The summed E-state index contributed by atoms with van der Waals surface area (Å²) in [5.74, 6) is -0.668. The van der Waals surface area contributed by atoms with Crippen LogP contribution in [-0.4, -0.2) is 8.42 Å². The maximum atomic E-state index is 13.2. The second-order valence-corrected chi connectivity index (χ2v) is 7.08. The highest BCUT2D eigenvalue weighted by Crippen LogP contribution is 2.28. The zero-order chi connectivity index (χ0) is 14.9. The number of aryl methyl sites for hydroxylation is 1. The Morgan fingerprint density at radius 3 is 2.60 bits per heavy atom. The van der Waals surface area contributed by atoms with E-state index in [1.165, 1.54) is 6.07 Å². The molecule has 2 aromatic carbocycles. The third kappa shape index (κ3) is 3.31. The molecule has 0 radical (unpaired) electrons. The average Bonchev–Trinajstić information content (AvgIpc) is 2.36. The second-order valence-electron chi connectivity index (χ2n) is 4.16. The quantitative estimate of drug-likeness (QED) is 0.863. The number of rotatable bonds is 3. The summed E-state index contributed by atoms with van der Waals surface area (Å²) in [5, 5.41) is -0.0392. The Morgan fingerprint density at radius 1 is 1.20 bits per heavy atom. The van der Waals surface area contributed by atoms with Crippen molar-refractivity contribution >= 4 is 43.2 Å². The first-order valence-electron chi connectivity index (χ1n) is 5.53. The van der Waals surface area contributed by atoms with Crippen LogP contribution in [0.4, 0.5) is 10.1 Å². The lowest BCUT2D eigenvalue weighted by Crippen LogP contribution is -2.14. The van der Waals surface area contributed by atoms with Gasteiger partial charge in [0.15, 0.2) is 0 Å². The van der Waals surface area contributed by atoms with Crippen molar-refractivity contribution in [2.75, 3.05) is 4.72 Å². The van der Waals surface area contributed by atoms with Crippen LogP contribution in [0.5, 0.6) is 0 Å². The van der Waals surface area contributed by atoms with Crippen LogP contribution in [0.15, 0.2) is 45.8 Å². The van der Waals surface area contributed by atoms with E-state index < -0.39 is 15.8 Å². The molecule has 0 heterocycles. The molecule has 0 aliphatic rings. The first-order valence-corrected chi connectivity index (χ1v) is 8.19. The highest BCUT2D eigenvalue weighted by Gasteiger charge is 2.20. The van der Waals surface area contributed by atoms with Crippen molar-refractivity contribution in [1.82, 2.24) is 0 Å². The van der Waals surface area contributed by atoms with Gasteiger partial charge in [0.2, 0.25) is 0 Å². The average molecular weight is 379 g/mol. The van der Waals surface area contributed by atoms with Gasteiger partial charge in [-0.1, -0.05) is 17.7 Å². The fourth-order valence-corrected chi connectivity index (χ4v) is 3.66. The Hall–Kier alpha value is -1.11. The van der Waals surface area contributed by atoms with Crippen LogP contribution in [0, 0.1) is 12.7 Å². The van der Waals surface area contributed by atoms with Gasteiger partial charge in [-0.05, 0) is 58.7 Å². The molecule has 0 atom stereocenters. The van der Waals surface area contributed by atoms with Crippen molar-refractivity contribution in [3.8, 4) is 0 Å². The lowest BCUT2D eigenvalue weighted by Gasteiger charge is -2.11. The van der Waals surface area contributed by atoms with Gasteiger partial charge in [0.1, 0.15) is 10.7 Å². The van der Waals surface area contributed by atoms with Crippen LogP contribution in [0.25, 0.3) is 0 Å². The van der Waals surface area contributed by atoms with E-state index in [0.717, 1.165) is 17.7 Å². The summed E-state index contributed by atoms with van der Waals surface area (Å²) in [7, 11) is -3.96. The van der Waals surface area contributed by atoms with E-state index in [0.29, 0.717) is 10.2 Å². The van der Waals surface area contributed by atoms with Gasteiger partial charge in [-0.3, -0.25) is 4.72 Å². The fraction of sp³-hybridized carbons (Fsp3) is 0.0769. The van der Waals surface area contributed by atoms with Crippen LogP contribution in [0.3, 0.4) is 0 Å². The maximum absolute atomic E-state index is 13.2. The first kappa shape index (κ1) is 15.3. The van der Waals surface area contributed by atoms with Crippen molar-refractivity contribution in [3.05, 3.63) is 57.3 Å². The summed E-state index contributed by atoms with van der Waals surface area (Å²) in [5.41, 5.74) is 1.25. The monoisotopic (exact) mass is 377 g/mol. The molecule has 0 amide bonds. The number of nitrogens with one attached hydrogen (secondary N) is 1. The Labute approximate surface area is 130 Å². The molecule has 7 heteroatoms. The highest BCUT2D eigenvalue weighted by molar-refractivity contribution is 9.10. The molecule has 0 spiro atoms. The zero-order valence-electron chi connectivity index (χ0n) is 10.3. The van der Waals surface area contributed by atoms with Crippen molar-refractivity contribution in [2.45, 2.75) is 11.8 Å². The van der Waals surface area contributed by atoms with Gasteiger partial charge in [0, 0.05) is 4.47 Å². The summed E-state index contributed by atoms with van der Waals surface area (Å²) >= 11 is 9.08. The number of sulfonamides is 1. The SMILES string of the molecule is Cc1ccc(Br)c(NS(=O)(=O)c2cc(F)ccc2Cl)c1. The maximum Gasteiger partial charge on any atom is 0.263 e. The molecule has 0 aliphatic carbocycles. The molecule has 2 rings (SSSR count). The lowest BCUT2D eigenvalue weighted by atomic mass is 10.2. The van der Waals surface area contributed by atoms with Crippen molar-refractivity contribution < 1.29 is 12.8 Å². The van der Waals surface area contributed by atoms with Crippen molar-refractivity contribution in [1.29, 1.82) is 0 Å². The van der Waals surface area contributed by atoms with Crippen LogP contribution in [0.1, 0.15) is 5.56 Å². The predicted molar refractivity (Wildman–Crippen MR) is 81.1 cm³/mol. The molecule has 3 nitrogen and oxygen atoms in total. The van der Waals surface area contributed by atoms with E-state index in [4.69, 9.17) is 11.6 Å². The smallest absolute Gasteiger partial charge is 0.263 e. The normalized spacial score (nSPS) is 11.4. The molecule has 0 aliphatic heterocycles. The van der Waals surface area contributed by atoms with E-state index in [9.17, 15) is 12.8 Å². The molecule has 1 N–H and O–H groups in total. The van der Waals surface area contributed by atoms with Crippen LogP contribution < -0.4 is 4.72 Å². The molecule has 0 fully saturated rings. The largest absolute Gasteiger partial charge is 0.278 e. The van der Waals surface area contributed by atoms with Gasteiger partial charge in [-0.15, -0.1) is 0 Å². The van der Waals surface area contributed by atoms with Crippen molar-refractivity contribution in [3.63, 3.8) is 0 Å². The van der Waals surface area contributed by atoms with E-state index in [2.05, 4.69) is 20.7 Å². The second kappa shape index (κ2) is 5.71. The van der Waals surface area contributed by atoms with Gasteiger partial charge in [0.25, 0.3) is 10.0 Å². The Bertz CT molecular complexity index is 765. The molecule has 0 aromatic heterocycles. The van der Waals surface area contributed by atoms with Crippen LogP contribution in [-0.2, 0) is 10.0 Å². The lowest BCUT2D eigenvalue weighted by molar-refractivity contribution is 0.595. The number of hydrogen-bond acceptors (Lipinski definition) is 2. The van der Waals surface area contributed by atoms with E-state index >= 15 is 0 Å². The molecule has 106 valence electrons. The molecule has 0 bridgehead atoms.